The lowest BCUT2D eigenvalue weighted by Crippen LogP contribution is -2.42. The molecule has 0 aliphatic heterocycles. The van der Waals surface area contributed by atoms with E-state index in [1.54, 1.807) is 7.11 Å². The minimum Gasteiger partial charge on any atom is -0.383 e. The Morgan fingerprint density at radius 1 is 1.44 bits per heavy atom. The first-order chi connectivity index (χ1) is 7.63. The third-order valence-corrected chi connectivity index (χ3v) is 2.86. The Bertz CT molecular complexity index is 215. The minimum absolute atomic E-state index is 0.115. The number of carbonyl (C=O) groups is 1. The molecule has 4 nitrogen and oxygen atoms in total. The summed E-state index contributed by atoms with van der Waals surface area (Å²) in [5, 5.41) is 6.34. The van der Waals surface area contributed by atoms with Crippen molar-refractivity contribution in [1.29, 1.82) is 0 Å². The van der Waals surface area contributed by atoms with Gasteiger partial charge in [-0.3, -0.25) is 4.79 Å². The van der Waals surface area contributed by atoms with Gasteiger partial charge in [0.25, 0.3) is 0 Å². The quantitative estimate of drug-likeness (QED) is 0.649. The van der Waals surface area contributed by atoms with Gasteiger partial charge in [-0.05, 0) is 18.8 Å². The van der Waals surface area contributed by atoms with Crippen LogP contribution in [-0.4, -0.2) is 38.3 Å². The molecule has 0 saturated heterocycles. The second kappa shape index (κ2) is 6.86. The van der Waals surface area contributed by atoms with Gasteiger partial charge in [0.1, 0.15) is 0 Å². The number of ether oxygens (including phenoxy) is 1. The lowest BCUT2D eigenvalue weighted by molar-refractivity contribution is -0.122. The van der Waals surface area contributed by atoms with Crippen LogP contribution in [0.5, 0.6) is 0 Å². The number of nitrogens with one attached hydrogen (secondary N) is 2. The van der Waals surface area contributed by atoms with Crippen LogP contribution >= 0.6 is 0 Å². The zero-order valence-electron chi connectivity index (χ0n) is 10.6. The molecule has 0 radical (unpaired) electrons. The van der Waals surface area contributed by atoms with Gasteiger partial charge in [-0.25, -0.2) is 0 Å². The molecule has 2 N–H and O–H groups in total. The van der Waals surface area contributed by atoms with Gasteiger partial charge in [0.2, 0.25) is 5.91 Å². The van der Waals surface area contributed by atoms with Crippen LogP contribution in [0.1, 0.15) is 33.1 Å². The molecule has 0 spiro atoms. The highest BCUT2D eigenvalue weighted by molar-refractivity contribution is 5.76. The van der Waals surface area contributed by atoms with Crippen LogP contribution in [0.25, 0.3) is 0 Å². The monoisotopic (exact) mass is 228 g/mol. The number of hydrogen-bond donors (Lipinski definition) is 2. The summed E-state index contributed by atoms with van der Waals surface area (Å²) in [5.41, 5.74) is 0. The molecule has 94 valence electrons. The summed E-state index contributed by atoms with van der Waals surface area (Å²) < 4.78 is 5.09. The fourth-order valence-corrected chi connectivity index (χ4v) is 1.54. The third-order valence-electron chi connectivity index (χ3n) is 2.86. The molecule has 1 unspecified atom stereocenters. The van der Waals surface area contributed by atoms with Crippen LogP contribution in [0.2, 0.25) is 0 Å². The molecule has 1 rings (SSSR count). The topological polar surface area (TPSA) is 50.4 Å². The van der Waals surface area contributed by atoms with E-state index in [0.717, 1.165) is 6.54 Å². The Labute approximate surface area is 98.1 Å². The SMILES string of the molecule is COCC(NC(=O)CCNC1CC1)C(C)C. The molecule has 4 heteroatoms. The van der Waals surface area contributed by atoms with Gasteiger partial charge < -0.3 is 15.4 Å². The van der Waals surface area contributed by atoms with Crippen molar-refractivity contribution in [3.8, 4) is 0 Å². The standard InChI is InChI=1S/C12H24N2O2/c1-9(2)11(8-16-3)14-12(15)6-7-13-10-4-5-10/h9-11,13H,4-8H2,1-3H3,(H,14,15). The lowest BCUT2D eigenvalue weighted by atomic mass is 10.1. The largest absolute Gasteiger partial charge is 0.383 e. The van der Waals surface area contributed by atoms with E-state index in [-0.39, 0.29) is 11.9 Å². The normalized spacial score (nSPS) is 17.5. The van der Waals surface area contributed by atoms with E-state index in [0.29, 0.717) is 25.0 Å². The van der Waals surface area contributed by atoms with Crippen LogP contribution in [0.3, 0.4) is 0 Å². The smallest absolute Gasteiger partial charge is 0.221 e. The van der Waals surface area contributed by atoms with E-state index < -0.39 is 0 Å². The van der Waals surface area contributed by atoms with Crippen molar-refractivity contribution >= 4 is 5.91 Å². The number of rotatable bonds is 8. The van der Waals surface area contributed by atoms with Crippen molar-refractivity contribution < 1.29 is 9.53 Å². The molecule has 1 atom stereocenters. The molecule has 0 aromatic heterocycles. The van der Waals surface area contributed by atoms with Crippen LogP contribution < -0.4 is 10.6 Å². The second-order valence-electron chi connectivity index (χ2n) is 4.85. The fourth-order valence-electron chi connectivity index (χ4n) is 1.54. The van der Waals surface area contributed by atoms with Crippen molar-refractivity contribution in [2.45, 2.75) is 45.2 Å². The summed E-state index contributed by atoms with van der Waals surface area (Å²) in [6.45, 7) is 5.55. The first kappa shape index (κ1) is 13.5. The van der Waals surface area contributed by atoms with Gasteiger partial charge >= 0.3 is 0 Å². The van der Waals surface area contributed by atoms with Crippen molar-refractivity contribution in [2.75, 3.05) is 20.3 Å². The molecule has 1 fully saturated rings. The molecule has 0 heterocycles. The van der Waals surface area contributed by atoms with Crippen molar-refractivity contribution in [2.24, 2.45) is 5.92 Å². The number of carbonyl (C=O) groups excluding carboxylic acids is 1. The van der Waals surface area contributed by atoms with E-state index in [1.165, 1.54) is 12.8 Å². The maximum Gasteiger partial charge on any atom is 0.221 e. The molecular formula is C12H24N2O2. The zero-order valence-corrected chi connectivity index (χ0v) is 10.6. The molecule has 1 aliphatic carbocycles. The summed E-state index contributed by atoms with van der Waals surface area (Å²) in [5.74, 6) is 0.518. The predicted octanol–water partition coefficient (Wildman–Crippen LogP) is 0.916. The van der Waals surface area contributed by atoms with Crippen molar-refractivity contribution in [3.63, 3.8) is 0 Å². The van der Waals surface area contributed by atoms with Crippen molar-refractivity contribution in [1.82, 2.24) is 10.6 Å². The Morgan fingerprint density at radius 2 is 2.12 bits per heavy atom. The van der Waals surface area contributed by atoms with Crippen LogP contribution in [0, 0.1) is 5.92 Å². The van der Waals surface area contributed by atoms with Gasteiger partial charge in [0.05, 0.1) is 12.6 Å². The van der Waals surface area contributed by atoms with Crippen LogP contribution in [0.4, 0.5) is 0 Å². The maximum atomic E-state index is 11.6. The number of methoxy groups -OCH3 is 1. The Kier molecular flexibility index (Phi) is 5.77. The van der Waals surface area contributed by atoms with Gasteiger partial charge in [0, 0.05) is 26.1 Å². The molecule has 1 amide bonds. The summed E-state index contributed by atoms with van der Waals surface area (Å²) in [6.07, 6.45) is 3.09. The first-order valence-electron chi connectivity index (χ1n) is 6.15. The minimum atomic E-state index is 0.115. The molecule has 16 heavy (non-hydrogen) atoms. The van der Waals surface area contributed by atoms with Gasteiger partial charge in [0.15, 0.2) is 0 Å². The van der Waals surface area contributed by atoms with E-state index in [2.05, 4.69) is 24.5 Å². The van der Waals surface area contributed by atoms with Crippen LogP contribution in [-0.2, 0) is 9.53 Å². The van der Waals surface area contributed by atoms with E-state index in [1.807, 2.05) is 0 Å². The molecule has 0 aromatic rings. The fraction of sp³-hybridized carbons (Fsp3) is 0.917. The average Bonchev–Trinajstić information content (AvgIpc) is 3.01. The van der Waals surface area contributed by atoms with Gasteiger partial charge in [-0.2, -0.15) is 0 Å². The van der Waals surface area contributed by atoms with Gasteiger partial charge in [-0.15, -0.1) is 0 Å². The maximum absolute atomic E-state index is 11.6. The first-order valence-corrected chi connectivity index (χ1v) is 6.15. The molecule has 1 aliphatic rings. The van der Waals surface area contributed by atoms with Gasteiger partial charge in [-0.1, -0.05) is 13.8 Å². The van der Waals surface area contributed by atoms with E-state index in [9.17, 15) is 4.79 Å². The van der Waals surface area contributed by atoms with E-state index in [4.69, 9.17) is 4.74 Å². The Morgan fingerprint density at radius 3 is 2.62 bits per heavy atom. The van der Waals surface area contributed by atoms with E-state index >= 15 is 0 Å². The lowest BCUT2D eigenvalue weighted by Gasteiger charge is -2.21. The van der Waals surface area contributed by atoms with Crippen LogP contribution in [0.15, 0.2) is 0 Å². The highest BCUT2D eigenvalue weighted by Gasteiger charge is 2.20. The molecule has 1 saturated carbocycles. The highest BCUT2D eigenvalue weighted by Crippen LogP contribution is 2.18. The summed E-state index contributed by atoms with van der Waals surface area (Å²) in [7, 11) is 1.66. The predicted molar refractivity (Wildman–Crippen MR) is 64.3 cm³/mol. The zero-order chi connectivity index (χ0) is 12.0. The molecular weight excluding hydrogens is 204 g/mol. The Hall–Kier alpha value is -0.610. The Balaban J connectivity index is 2.13. The summed E-state index contributed by atoms with van der Waals surface area (Å²) in [4.78, 5) is 11.6. The highest BCUT2D eigenvalue weighted by atomic mass is 16.5. The summed E-state index contributed by atoms with van der Waals surface area (Å²) in [6, 6.07) is 0.797. The summed E-state index contributed by atoms with van der Waals surface area (Å²) >= 11 is 0. The molecule has 0 bridgehead atoms. The number of hydrogen-bond acceptors (Lipinski definition) is 3. The van der Waals surface area contributed by atoms with Crippen molar-refractivity contribution in [3.05, 3.63) is 0 Å². The average molecular weight is 228 g/mol. The third kappa shape index (κ3) is 5.47. The second-order valence-corrected chi connectivity index (χ2v) is 4.85. The number of amides is 1. The molecule has 0 aromatic carbocycles.